The van der Waals surface area contributed by atoms with E-state index in [1.165, 1.54) is 58.3 Å². The normalized spacial score (nSPS) is 11.8. The van der Waals surface area contributed by atoms with Crippen molar-refractivity contribution in [3.05, 3.63) is 212 Å². The fraction of sp³-hybridized carbons (Fsp3) is 0. The van der Waals surface area contributed by atoms with Crippen LogP contribution in [0.2, 0.25) is 0 Å². The van der Waals surface area contributed by atoms with Crippen molar-refractivity contribution in [3.63, 3.8) is 0 Å². The summed E-state index contributed by atoms with van der Waals surface area (Å²) in [6.45, 7) is 0. The van der Waals surface area contributed by atoms with E-state index in [-0.39, 0.29) is 0 Å². The lowest BCUT2D eigenvalue weighted by atomic mass is 10.0. The van der Waals surface area contributed by atoms with Gasteiger partial charge in [-0.3, -0.25) is 0 Å². The zero-order chi connectivity index (χ0) is 41.4. The van der Waals surface area contributed by atoms with Crippen LogP contribution in [0.4, 0.5) is 0 Å². The Morgan fingerprint density at radius 3 is 1.49 bits per heavy atom. The largest absolute Gasteiger partial charge is 0.309 e. The number of benzene rings is 9. The third-order valence-electron chi connectivity index (χ3n) is 12.4. The second-order valence-electron chi connectivity index (χ2n) is 16.0. The standard InChI is InChI=1S/C57H35N5S/c1-3-14-36(15-4-1)38-26-29-45-46-30-28-42(61-49-23-10-7-20-43(49)44-21-8-11-24-50(44)61)35-52(46)62(51(45)34-38)41-19-13-18-39(32-41)56-58-55(37-16-5-2-6-17-37)59-57(60-56)40-27-31-54-48(33-40)47-22-9-12-25-53(47)63-54/h1-35H. The molecule has 13 rings (SSSR count). The van der Waals surface area contributed by atoms with Gasteiger partial charge in [-0.1, -0.05) is 146 Å². The van der Waals surface area contributed by atoms with Gasteiger partial charge in [0.05, 0.1) is 22.1 Å². The van der Waals surface area contributed by atoms with E-state index in [1.807, 2.05) is 29.5 Å². The molecule has 4 aromatic heterocycles. The van der Waals surface area contributed by atoms with Crippen LogP contribution < -0.4 is 0 Å². The number of thiophene rings is 1. The van der Waals surface area contributed by atoms with Crippen molar-refractivity contribution in [1.29, 1.82) is 0 Å². The van der Waals surface area contributed by atoms with Crippen LogP contribution >= 0.6 is 11.3 Å². The van der Waals surface area contributed by atoms with Crippen LogP contribution in [0, 0.1) is 0 Å². The Kier molecular flexibility index (Phi) is 8.01. The molecule has 6 heteroatoms. The van der Waals surface area contributed by atoms with Crippen molar-refractivity contribution in [2.24, 2.45) is 0 Å². The Bertz CT molecular complexity index is 3860. The first kappa shape index (κ1) is 35.6. The molecule has 0 spiro atoms. The molecule has 294 valence electrons. The highest BCUT2D eigenvalue weighted by Gasteiger charge is 2.19. The van der Waals surface area contributed by atoms with E-state index in [9.17, 15) is 0 Å². The maximum Gasteiger partial charge on any atom is 0.164 e. The van der Waals surface area contributed by atoms with Crippen LogP contribution in [0.3, 0.4) is 0 Å². The van der Waals surface area contributed by atoms with Gasteiger partial charge in [0.15, 0.2) is 17.5 Å². The average Bonchev–Trinajstić information content (AvgIpc) is 4.01. The second kappa shape index (κ2) is 14.2. The molecular formula is C57H35N5S. The van der Waals surface area contributed by atoms with Crippen molar-refractivity contribution in [3.8, 4) is 56.7 Å². The molecule has 0 atom stereocenters. The first-order chi connectivity index (χ1) is 31.2. The predicted octanol–water partition coefficient (Wildman–Crippen LogP) is 15.1. The minimum absolute atomic E-state index is 0.618. The lowest BCUT2D eigenvalue weighted by Gasteiger charge is -2.13. The molecule has 0 saturated heterocycles. The van der Waals surface area contributed by atoms with Crippen molar-refractivity contribution in [1.82, 2.24) is 24.1 Å². The van der Waals surface area contributed by atoms with Crippen LogP contribution in [0.15, 0.2) is 212 Å². The third-order valence-corrected chi connectivity index (χ3v) is 13.5. The molecule has 13 aromatic rings. The molecule has 4 heterocycles. The highest BCUT2D eigenvalue weighted by atomic mass is 32.1. The summed E-state index contributed by atoms with van der Waals surface area (Å²) in [5.41, 5.74) is 11.9. The van der Waals surface area contributed by atoms with E-state index < -0.39 is 0 Å². The maximum atomic E-state index is 5.25. The molecule has 0 amide bonds. The number of para-hydroxylation sites is 2. The number of aromatic nitrogens is 5. The SMILES string of the molecule is c1ccc(-c2ccc3c4ccc(-n5c6ccccc6c6ccccc65)cc4n(-c4cccc(-c5nc(-c6ccccc6)nc(-c6ccc7sc8ccccc8c7c6)n5)c4)c3c2)cc1. The molecule has 0 fully saturated rings. The molecule has 0 saturated carbocycles. The van der Waals surface area contributed by atoms with Gasteiger partial charge in [-0.05, 0) is 77.9 Å². The number of rotatable bonds is 6. The van der Waals surface area contributed by atoms with Gasteiger partial charge >= 0.3 is 0 Å². The Morgan fingerprint density at radius 2 is 0.762 bits per heavy atom. The lowest BCUT2D eigenvalue weighted by molar-refractivity contribution is 1.07. The molecule has 9 aromatic carbocycles. The second-order valence-corrected chi connectivity index (χ2v) is 17.1. The molecule has 63 heavy (non-hydrogen) atoms. The summed E-state index contributed by atoms with van der Waals surface area (Å²) in [7, 11) is 0. The molecule has 0 unspecified atom stereocenters. The summed E-state index contributed by atoms with van der Waals surface area (Å²) in [5.74, 6) is 1.89. The molecule has 0 aliphatic rings. The quantitative estimate of drug-likeness (QED) is 0.168. The maximum absolute atomic E-state index is 5.25. The van der Waals surface area contributed by atoms with E-state index in [1.54, 1.807) is 0 Å². The summed E-state index contributed by atoms with van der Waals surface area (Å²) in [6.07, 6.45) is 0. The topological polar surface area (TPSA) is 48.5 Å². The Morgan fingerprint density at radius 1 is 0.270 bits per heavy atom. The fourth-order valence-corrected chi connectivity index (χ4v) is 10.5. The molecule has 0 aliphatic heterocycles. The lowest BCUT2D eigenvalue weighted by Crippen LogP contribution is -2.01. The van der Waals surface area contributed by atoms with E-state index in [4.69, 9.17) is 15.0 Å². The smallest absolute Gasteiger partial charge is 0.164 e. The van der Waals surface area contributed by atoms with Gasteiger partial charge in [0, 0.05) is 69.8 Å². The van der Waals surface area contributed by atoms with Crippen molar-refractivity contribution >= 4 is 75.1 Å². The summed E-state index contributed by atoms with van der Waals surface area (Å²) >= 11 is 1.81. The van der Waals surface area contributed by atoms with Gasteiger partial charge in [-0.15, -0.1) is 11.3 Å². The predicted molar refractivity (Wildman–Crippen MR) is 263 cm³/mol. The van der Waals surface area contributed by atoms with Gasteiger partial charge in [0.1, 0.15) is 0 Å². The summed E-state index contributed by atoms with van der Waals surface area (Å²) in [6, 6.07) is 75.8. The van der Waals surface area contributed by atoms with E-state index in [0.29, 0.717) is 17.5 Å². The molecule has 0 aliphatic carbocycles. The van der Waals surface area contributed by atoms with E-state index in [0.717, 1.165) is 44.7 Å². The van der Waals surface area contributed by atoms with Crippen LogP contribution in [-0.4, -0.2) is 24.1 Å². The van der Waals surface area contributed by atoms with Gasteiger partial charge in [-0.25, -0.2) is 15.0 Å². The number of nitrogens with zero attached hydrogens (tertiary/aromatic N) is 5. The Hall–Kier alpha value is -8.19. The molecule has 0 radical (unpaired) electrons. The molecule has 0 N–H and O–H groups in total. The van der Waals surface area contributed by atoms with Crippen molar-refractivity contribution in [2.45, 2.75) is 0 Å². The van der Waals surface area contributed by atoms with Crippen molar-refractivity contribution in [2.75, 3.05) is 0 Å². The summed E-state index contributed by atoms with van der Waals surface area (Å²) < 4.78 is 7.32. The van der Waals surface area contributed by atoms with Crippen LogP contribution in [0.1, 0.15) is 0 Å². The van der Waals surface area contributed by atoms with Crippen LogP contribution in [-0.2, 0) is 0 Å². The number of fused-ring (bicyclic) bond motifs is 9. The number of hydrogen-bond donors (Lipinski definition) is 0. The summed E-state index contributed by atoms with van der Waals surface area (Å²) in [5, 5.41) is 7.30. The Balaban J connectivity index is 1.03. The summed E-state index contributed by atoms with van der Waals surface area (Å²) in [4.78, 5) is 15.5. The van der Waals surface area contributed by atoms with Crippen LogP contribution in [0.25, 0.3) is 120 Å². The third kappa shape index (κ3) is 5.80. The molecular weight excluding hydrogens is 787 g/mol. The fourth-order valence-electron chi connectivity index (χ4n) is 9.43. The molecule has 0 bridgehead atoms. The minimum atomic E-state index is 0.618. The van der Waals surface area contributed by atoms with Crippen molar-refractivity contribution < 1.29 is 0 Å². The van der Waals surface area contributed by atoms with Gasteiger partial charge in [-0.2, -0.15) is 0 Å². The van der Waals surface area contributed by atoms with Gasteiger partial charge in [0.2, 0.25) is 0 Å². The van der Waals surface area contributed by atoms with E-state index in [2.05, 4.69) is 203 Å². The van der Waals surface area contributed by atoms with Crippen LogP contribution in [0.5, 0.6) is 0 Å². The molecule has 5 nitrogen and oxygen atoms in total. The highest BCUT2D eigenvalue weighted by Crippen LogP contribution is 2.40. The Labute approximate surface area is 366 Å². The van der Waals surface area contributed by atoms with E-state index >= 15 is 0 Å². The van der Waals surface area contributed by atoms with Gasteiger partial charge < -0.3 is 9.13 Å². The minimum Gasteiger partial charge on any atom is -0.309 e. The van der Waals surface area contributed by atoms with Gasteiger partial charge in [0.25, 0.3) is 0 Å². The number of hydrogen-bond acceptors (Lipinski definition) is 4. The zero-order valence-corrected chi connectivity index (χ0v) is 34.7. The average molecular weight is 822 g/mol. The first-order valence-electron chi connectivity index (χ1n) is 21.2. The first-order valence-corrected chi connectivity index (χ1v) is 22.0. The monoisotopic (exact) mass is 821 g/mol. The zero-order valence-electron chi connectivity index (χ0n) is 33.9. The highest BCUT2D eigenvalue weighted by molar-refractivity contribution is 7.25.